The van der Waals surface area contributed by atoms with E-state index in [0.29, 0.717) is 11.8 Å². The lowest BCUT2D eigenvalue weighted by Gasteiger charge is -2.39. The maximum atomic E-state index is 4.76. The van der Waals surface area contributed by atoms with E-state index in [4.69, 9.17) is 13.2 Å². The van der Waals surface area contributed by atoms with Gasteiger partial charge in [0.15, 0.2) is 0 Å². The summed E-state index contributed by atoms with van der Waals surface area (Å²) < 4.78 is 0. The Morgan fingerprint density at radius 3 is 2.22 bits per heavy atom. The van der Waals surface area contributed by atoms with Crippen LogP contribution in [0.3, 0.4) is 0 Å². The lowest BCUT2D eigenvalue weighted by Crippen LogP contribution is -2.27. The normalized spacial score (nSPS) is 16.5. The average molecular weight is 429 g/mol. The highest BCUT2D eigenvalue weighted by Gasteiger charge is 2.35. The van der Waals surface area contributed by atoms with Gasteiger partial charge in [0.25, 0.3) is 0 Å². The predicted molar refractivity (Wildman–Crippen MR) is 142 cm³/mol. The van der Waals surface area contributed by atoms with Crippen molar-refractivity contribution in [2.75, 3.05) is 0 Å². The molecule has 2 aromatic carbocycles. The maximum absolute atomic E-state index is 4.76. The Hall–Kier alpha value is -2.08. The number of unbranched alkanes of at least 4 members (excludes halogenated alkanes) is 2. The molecule has 0 aliphatic heterocycles. The number of allylic oxidation sites excluding steroid dienone is 2. The third-order valence-corrected chi connectivity index (χ3v) is 7.70. The first kappa shape index (κ1) is 24.6. The van der Waals surface area contributed by atoms with Crippen LogP contribution in [0.2, 0.25) is 0 Å². The van der Waals surface area contributed by atoms with Crippen molar-refractivity contribution < 1.29 is 0 Å². The number of benzene rings is 2. The molecule has 172 valence electrons. The van der Waals surface area contributed by atoms with Crippen molar-refractivity contribution in [2.24, 2.45) is 11.8 Å². The molecule has 0 heterocycles. The zero-order valence-electron chi connectivity index (χ0n) is 20.8. The number of aryl methyl sites for hydroxylation is 2. The Bertz CT molecular complexity index is 863. The zero-order chi connectivity index (χ0) is 22.9. The number of rotatable bonds is 11. The second kappa shape index (κ2) is 12.2. The molecule has 0 aromatic heterocycles. The Morgan fingerprint density at radius 2 is 1.59 bits per heavy atom. The molecule has 1 aliphatic carbocycles. The van der Waals surface area contributed by atoms with Gasteiger partial charge in [-0.3, -0.25) is 0 Å². The Balaban J connectivity index is 2.05. The van der Waals surface area contributed by atoms with Gasteiger partial charge in [0.05, 0.1) is 0 Å². The van der Waals surface area contributed by atoms with E-state index in [1.54, 1.807) is 0 Å². The van der Waals surface area contributed by atoms with Gasteiger partial charge in [-0.25, -0.2) is 0 Å². The molecule has 2 atom stereocenters. The molecule has 3 rings (SSSR count). The van der Waals surface area contributed by atoms with E-state index in [2.05, 4.69) is 69.3 Å². The second-order valence-corrected chi connectivity index (χ2v) is 9.95. The number of hydrogen-bond donors (Lipinski definition) is 0. The first-order chi connectivity index (χ1) is 15.6. The smallest absolute Gasteiger partial charge is 0.0157 e. The minimum absolute atomic E-state index is 0.305. The molecule has 0 spiro atoms. The van der Waals surface area contributed by atoms with Crippen molar-refractivity contribution >= 4 is 5.57 Å². The second-order valence-electron chi connectivity index (χ2n) is 9.95. The van der Waals surface area contributed by atoms with E-state index < -0.39 is 0 Å². The van der Waals surface area contributed by atoms with E-state index in [1.165, 1.54) is 84.8 Å². The summed E-state index contributed by atoms with van der Waals surface area (Å²) in [4.78, 5) is 0. The molecular weight excluding hydrogens is 384 g/mol. The fourth-order valence-electron chi connectivity index (χ4n) is 5.79. The van der Waals surface area contributed by atoms with Gasteiger partial charge in [-0.2, -0.15) is 0 Å². The van der Waals surface area contributed by atoms with E-state index in [1.807, 2.05) is 0 Å². The Morgan fingerprint density at radius 1 is 0.906 bits per heavy atom. The monoisotopic (exact) mass is 428 g/mol. The molecule has 2 aromatic rings. The summed E-state index contributed by atoms with van der Waals surface area (Å²) in [5, 5.41) is 0. The minimum Gasteiger partial charge on any atom is -0.0995 e. The van der Waals surface area contributed by atoms with Crippen LogP contribution in [0.25, 0.3) is 5.57 Å². The first-order valence-corrected chi connectivity index (χ1v) is 13.1. The van der Waals surface area contributed by atoms with Crippen LogP contribution >= 0.6 is 0 Å². The molecule has 1 aliphatic rings. The van der Waals surface area contributed by atoms with Crippen LogP contribution in [0.1, 0.15) is 99.8 Å². The van der Waals surface area contributed by atoms with E-state index >= 15 is 0 Å². The quantitative estimate of drug-likeness (QED) is 0.247. The summed E-state index contributed by atoms with van der Waals surface area (Å²) >= 11 is 0. The lowest BCUT2D eigenvalue weighted by atomic mass is 9.65. The summed E-state index contributed by atoms with van der Waals surface area (Å²) in [6.45, 7) is 16.3. The summed E-state index contributed by atoms with van der Waals surface area (Å²) in [6.07, 6.45) is 12.8. The van der Waals surface area contributed by atoms with E-state index in [9.17, 15) is 0 Å². The van der Waals surface area contributed by atoms with Crippen molar-refractivity contribution in [1.82, 2.24) is 0 Å². The summed E-state index contributed by atoms with van der Waals surface area (Å²) in [5.74, 6) is 1.50. The van der Waals surface area contributed by atoms with Crippen LogP contribution in [0.5, 0.6) is 0 Å². The third kappa shape index (κ3) is 6.03. The Labute approximate surface area is 197 Å². The van der Waals surface area contributed by atoms with Crippen LogP contribution < -0.4 is 0 Å². The average Bonchev–Trinajstić information content (AvgIpc) is 2.83. The highest BCUT2D eigenvalue weighted by atomic mass is 14.4. The molecule has 1 saturated carbocycles. The summed E-state index contributed by atoms with van der Waals surface area (Å²) in [7, 11) is 0. The van der Waals surface area contributed by atoms with Gasteiger partial charge in [-0.15, -0.1) is 0 Å². The minimum atomic E-state index is 0.305. The van der Waals surface area contributed by atoms with Gasteiger partial charge < -0.3 is 0 Å². The van der Waals surface area contributed by atoms with Gasteiger partial charge in [-0.1, -0.05) is 113 Å². The van der Waals surface area contributed by atoms with Gasteiger partial charge in [-0.05, 0) is 78.7 Å². The van der Waals surface area contributed by atoms with Crippen molar-refractivity contribution in [3.63, 3.8) is 0 Å². The highest BCUT2D eigenvalue weighted by Crippen LogP contribution is 2.48. The van der Waals surface area contributed by atoms with Gasteiger partial charge in [0, 0.05) is 5.92 Å². The highest BCUT2D eigenvalue weighted by molar-refractivity contribution is 5.72. The van der Waals surface area contributed by atoms with Crippen LogP contribution in [-0.4, -0.2) is 0 Å². The standard InChI is InChI=1S/C32H44/c1-6-8-10-16-25(4)31(28-17-11-9-12-18-28)32(29-22-20-27(7-2)21-23-29)26(5)30-19-14-13-15-24(30)3/h13-15,19-23,28,31-32H,4-12,16-18H2,1-3H3. The fraction of sp³-hybridized carbons (Fsp3) is 0.500. The fourth-order valence-corrected chi connectivity index (χ4v) is 5.79. The molecule has 1 fully saturated rings. The van der Waals surface area contributed by atoms with E-state index in [-0.39, 0.29) is 0 Å². The topological polar surface area (TPSA) is 0 Å². The van der Waals surface area contributed by atoms with Crippen molar-refractivity contribution in [1.29, 1.82) is 0 Å². The van der Waals surface area contributed by atoms with Crippen LogP contribution in [-0.2, 0) is 6.42 Å². The van der Waals surface area contributed by atoms with Crippen LogP contribution in [0.15, 0.2) is 67.3 Å². The molecule has 0 amide bonds. The number of hydrogen-bond acceptors (Lipinski definition) is 0. The molecule has 0 bridgehead atoms. The van der Waals surface area contributed by atoms with Crippen molar-refractivity contribution in [3.8, 4) is 0 Å². The van der Waals surface area contributed by atoms with Crippen LogP contribution in [0, 0.1) is 18.8 Å². The van der Waals surface area contributed by atoms with Crippen molar-refractivity contribution in [3.05, 3.63) is 89.5 Å². The maximum Gasteiger partial charge on any atom is 0.0157 e. The SMILES string of the molecule is C=C(c1ccccc1C)C(c1ccc(CC)cc1)C(C(=C)CCCCC)C1CCCCC1. The van der Waals surface area contributed by atoms with Crippen LogP contribution in [0.4, 0.5) is 0 Å². The molecule has 32 heavy (non-hydrogen) atoms. The molecule has 0 nitrogen and oxygen atoms in total. The third-order valence-electron chi connectivity index (χ3n) is 7.70. The van der Waals surface area contributed by atoms with E-state index in [0.717, 1.165) is 18.8 Å². The zero-order valence-corrected chi connectivity index (χ0v) is 20.8. The van der Waals surface area contributed by atoms with Gasteiger partial charge in [0.1, 0.15) is 0 Å². The molecule has 0 N–H and O–H groups in total. The molecular formula is C32H44. The molecule has 0 radical (unpaired) electrons. The Kier molecular flexibility index (Phi) is 9.39. The largest absolute Gasteiger partial charge is 0.0995 e. The van der Waals surface area contributed by atoms with Crippen molar-refractivity contribution in [2.45, 2.75) is 90.9 Å². The summed E-state index contributed by atoms with van der Waals surface area (Å²) in [6, 6.07) is 18.2. The molecule has 2 unspecified atom stereocenters. The first-order valence-electron chi connectivity index (χ1n) is 13.1. The van der Waals surface area contributed by atoms with Gasteiger partial charge >= 0.3 is 0 Å². The lowest BCUT2D eigenvalue weighted by molar-refractivity contribution is 0.259. The molecule has 0 heteroatoms. The predicted octanol–water partition coefficient (Wildman–Crippen LogP) is 9.69. The molecule has 0 saturated heterocycles. The van der Waals surface area contributed by atoms with Gasteiger partial charge in [0.2, 0.25) is 0 Å². The summed E-state index contributed by atoms with van der Waals surface area (Å²) in [5.41, 5.74) is 8.21.